The molecule has 29 heavy (non-hydrogen) atoms. The van der Waals surface area contributed by atoms with Gasteiger partial charge >= 0.3 is 0 Å². The minimum absolute atomic E-state index is 0.183. The second-order valence-corrected chi connectivity index (χ2v) is 7.02. The van der Waals surface area contributed by atoms with Crippen molar-refractivity contribution in [2.24, 2.45) is 0 Å². The third-order valence-corrected chi connectivity index (χ3v) is 5.15. The molecule has 142 valence electrons. The number of rotatable bonds is 4. The molecule has 1 aliphatic heterocycles. The van der Waals surface area contributed by atoms with E-state index in [9.17, 15) is 0 Å². The average molecular weight is 383 g/mol. The van der Waals surface area contributed by atoms with Gasteiger partial charge in [0.25, 0.3) is 5.89 Å². The van der Waals surface area contributed by atoms with Crippen molar-refractivity contribution >= 4 is 0 Å². The number of aromatic nitrogens is 6. The zero-order valence-corrected chi connectivity index (χ0v) is 15.6. The lowest BCUT2D eigenvalue weighted by atomic mass is 9.95. The van der Waals surface area contributed by atoms with Gasteiger partial charge in [-0.2, -0.15) is 10.2 Å². The number of pyridine rings is 1. The first-order chi connectivity index (χ1) is 14.3. The topological polar surface area (TPSA) is 106 Å². The van der Waals surface area contributed by atoms with Gasteiger partial charge in [0.2, 0.25) is 0 Å². The van der Waals surface area contributed by atoms with Crippen LogP contribution in [-0.2, 0) is 13.0 Å². The molecule has 1 unspecified atom stereocenters. The van der Waals surface area contributed by atoms with Gasteiger partial charge in [-0.25, -0.2) is 0 Å². The minimum Gasteiger partial charge on any atom is -0.334 e. The zero-order valence-electron chi connectivity index (χ0n) is 15.6. The second kappa shape index (κ2) is 7.28. The third kappa shape index (κ3) is 3.27. The van der Waals surface area contributed by atoms with Crippen LogP contribution in [0.2, 0.25) is 0 Å². The van der Waals surface area contributed by atoms with E-state index in [1.807, 2.05) is 24.3 Å². The molecule has 0 bridgehead atoms. The van der Waals surface area contributed by atoms with Crippen LogP contribution in [-0.4, -0.2) is 29.9 Å². The van der Waals surface area contributed by atoms with Gasteiger partial charge in [0.05, 0.1) is 11.6 Å². The SMILES string of the molecule is N#Cc1cccc(-c2nc(CC3CCCn4c(-c5ccncc5)nnc43)no2)c1. The van der Waals surface area contributed by atoms with E-state index in [-0.39, 0.29) is 5.92 Å². The van der Waals surface area contributed by atoms with Gasteiger partial charge in [0.15, 0.2) is 11.6 Å². The Balaban J connectivity index is 1.40. The Bertz CT molecular complexity index is 1190. The molecule has 0 aliphatic carbocycles. The van der Waals surface area contributed by atoms with Crippen LogP contribution in [0.4, 0.5) is 0 Å². The Morgan fingerprint density at radius 3 is 2.90 bits per heavy atom. The van der Waals surface area contributed by atoms with Gasteiger partial charge in [-0.1, -0.05) is 11.2 Å². The van der Waals surface area contributed by atoms with Gasteiger partial charge in [0, 0.05) is 42.4 Å². The molecule has 8 heteroatoms. The van der Waals surface area contributed by atoms with Crippen LogP contribution in [0, 0.1) is 11.3 Å². The summed E-state index contributed by atoms with van der Waals surface area (Å²) in [6, 6.07) is 13.2. The summed E-state index contributed by atoms with van der Waals surface area (Å²) in [6.07, 6.45) is 6.21. The Labute approximate surface area is 166 Å². The minimum atomic E-state index is 0.183. The lowest BCUT2D eigenvalue weighted by molar-refractivity contribution is 0.404. The molecule has 4 heterocycles. The summed E-state index contributed by atoms with van der Waals surface area (Å²) in [5, 5.41) is 22.1. The molecule has 3 aromatic heterocycles. The normalized spacial score (nSPS) is 15.6. The summed E-state index contributed by atoms with van der Waals surface area (Å²) in [4.78, 5) is 8.61. The molecule has 8 nitrogen and oxygen atoms in total. The highest BCUT2D eigenvalue weighted by Gasteiger charge is 2.27. The van der Waals surface area contributed by atoms with E-state index in [1.54, 1.807) is 24.5 Å². The molecule has 0 amide bonds. The van der Waals surface area contributed by atoms with Crippen molar-refractivity contribution in [3.63, 3.8) is 0 Å². The maximum Gasteiger partial charge on any atom is 0.257 e. The van der Waals surface area contributed by atoms with Crippen LogP contribution in [0.15, 0.2) is 53.3 Å². The number of nitriles is 1. The third-order valence-electron chi connectivity index (χ3n) is 5.15. The van der Waals surface area contributed by atoms with Gasteiger partial charge in [0.1, 0.15) is 5.82 Å². The summed E-state index contributed by atoms with van der Waals surface area (Å²) < 4.78 is 7.62. The number of nitrogens with zero attached hydrogens (tertiary/aromatic N) is 7. The van der Waals surface area contributed by atoms with E-state index in [2.05, 4.69) is 36.0 Å². The molecule has 1 aromatic carbocycles. The van der Waals surface area contributed by atoms with Crippen LogP contribution >= 0.6 is 0 Å². The highest BCUT2D eigenvalue weighted by Crippen LogP contribution is 2.32. The lowest BCUT2D eigenvalue weighted by Gasteiger charge is -2.22. The predicted octanol–water partition coefficient (Wildman–Crippen LogP) is 3.38. The Morgan fingerprint density at radius 2 is 2.03 bits per heavy atom. The van der Waals surface area contributed by atoms with Gasteiger partial charge in [-0.15, -0.1) is 10.2 Å². The Morgan fingerprint density at radius 1 is 1.14 bits per heavy atom. The van der Waals surface area contributed by atoms with Crippen molar-refractivity contribution in [2.45, 2.75) is 31.7 Å². The molecule has 0 N–H and O–H groups in total. The van der Waals surface area contributed by atoms with E-state index >= 15 is 0 Å². The molecular weight excluding hydrogens is 366 g/mol. The van der Waals surface area contributed by atoms with E-state index in [0.29, 0.717) is 23.7 Å². The molecule has 0 spiro atoms. The first-order valence-electron chi connectivity index (χ1n) is 9.48. The average Bonchev–Trinajstić information content (AvgIpc) is 3.42. The number of fused-ring (bicyclic) bond motifs is 1. The predicted molar refractivity (Wildman–Crippen MR) is 103 cm³/mol. The summed E-state index contributed by atoms with van der Waals surface area (Å²) in [6.45, 7) is 0.898. The first kappa shape index (κ1) is 17.3. The molecule has 1 atom stereocenters. The molecular formula is C21H17N7O. The van der Waals surface area contributed by atoms with Crippen LogP contribution in [0.25, 0.3) is 22.8 Å². The molecule has 4 aromatic rings. The van der Waals surface area contributed by atoms with Crippen molar-refractivity contribution in [1.82, 2.24) is 29.9 Å². The Hall–Kier alpha value is -3.86. The van der Waals surface area contributed by atoms with Crippen LogP contribution in [0.3, 0.4) is 0 Å². The second-order valence-electron chi connectivity index (χ2n) is 7.02. The van der Waals surface area contributed by atoms with Crippen LogP contribution in [0.1, 0.15) is 36.0 Å². The molecule has 0 radical (unpaired) electrons. The first-order valence-corrected chi connectivity index (χ1v) is 9.48. The van der Waals surface area contributed by atoms with Crippen LogP contribution in [0.5, 0.6) is 0 Å². The summed E-state index contributed by atoms with van der Waals surface area (Å²) in [7, 11) is 0. The van der Waals surface area contributed by atoms with Crippen molar-refractivity contribution in [3.8, 4) is 28.9 Å². The zero-order chi connectivity index (χ0) is 19.6. The highest BCUT2D eigenvalue weighted by atomic mass is 16.5. The van der Waals surface area contributed by atoms with E-state index in [1.165, 1.54) is 0 Å². The molecule has 0 fully saturated rings. The van der Waals surface area contributed by atoms with E-state index < -0.39 is 0 Å². The summed E-state index contributed by atoms with van der Waals surface area (Å²) >= 11 is 0. The Kier molecular flexibility index (Phi) is 4.33. The smallest absolute Gasteiger partial charge is 0.257 e. The van der Waals surface area contributed by atoms with Crippen molar-refractivity contribution in [2.75, 3.05) is 0 Å². The standard InChI is InChI=1S/C21H17N7O/c22-13-14-3-1-4-17(11-14)21-24-18(27-29-21)12-16-5-2-10-28-19(25-26-20(16)28)15-6-8-23-9-7-15/h1,3-4,6-9,11,16H,2,5,10,12H2. The maximum absolute atomic E-state index is 9.07. The van der Waals surface area contributed by atoms with Gasteiger partial charge < -0.3 is 9.09 Å². The van der Waals surface area contributed by atoms with Gasteiger partial charge in [-0.3, -0.25) is 4.98 Å². The molecule has 0 saturated heterocycles. The molecule has 0 saturated carbocycles. The quantitative estimate of drug-likeness (QED) is 0.532. The van der Waals surface area contributed by atoms with Crippen molar-refractivity contribution in [3.05, 3.63) is 66.0 Å². The number of hydrogen-bond donors (Lipinski definition) is 0. The van der Waals surface area contributed by atoms with Crippen LogP contribution < -0.4 is 0 Å². The number of benzene rings is 1. The van der Waals surface area contributed by atoms with E-state index in [0.717, 1.165) is 42.2 Å². The van der Waals surface area contributed by atoms with Gasteiger partial charge in [-0.05, 0) is 43.2 Å². The lowest BCUT2D eigenvalue weighted by Crippen LogP contribution is -2.19. The number of hydrogen-bond acceptors (Lipinski definition) is 7. The fourth-order valence-electron chi connectivity index (χ4n) is 3.77. The molecule has 1 aliphatic rings. The maximum atomic E-state index is 9.07. The fourth-order valence-corrected chi connectivity index (χ4v) is 3.77. The monoisotopic (exact) mass is 383 g/mol. The van der Waals surface area contributed by atoms with E-state index in [4.69, 9.17) is 9.78 Å². The largest absolute Gasteiger partial charge is 0.334 e. The molecule has 5 rings (SSSR count). The summed E-state index contributed by atoms with van der Waals surface area (Å²) in [5.74, 6) is 3.07. The summed E-state index contributed by atoms with van der Waals surface area (Å²) in [5.41, 5.74) is 2.32. The van der Waals surface area contributed by atoms with Crippen molar-refractivity contribution < 1.29 is 4.52 Å². The fraction of sp³-hybridized carbons (Fsp3) is 0.238. The van der Waals surface area contributed by atoms with Crippen molar-refractivity contribution in [1.29, 1.82) is 5.26 Å². The highest BCUT2D eigenvalue weighted by molar-refractivity contribution is 5.56.